The highest BCUT2D eigenvalue weighted by atomic mass is 16.7. The van der Waals surface area contributed by atoms with Gasteiger partial charge in [0, 0.05) is 6.61 Å². The zero-order valence-corrected chi connectivity index (χ0v) is 6.66. The van der Waals surface area contributed by atoms with Gasteiger partial charge in [0.05, 0.1) is 0 Å². The van der Waals surface area contributed by atoms with Crippen molar-refractivity contribution in [2.24, 2.45) is 0 Å². The average Bonchev–Trinajstić information content (AvgIpc) is 2.07. The van der Waals surface area contributed by atoms with Crippen LogP contribution in [-0.4, -0.2) is 26.0 Å². The molecule has 0 aliphatic carbocycles. The van der Waals surface area contributed by atoms with E-state index in [-0.39, 0.29) is 6.29 Å². The van der Waals surface area contributed by atoms with Crippen LogP contribution in [0, 0.1) is 6.57 Å². The fourth-order valence-corrected chi connectivity index (χ4v) is 1.08. The highest BCUT2D eigenvalue weighted by Crippen LogP contribution is 2.13. The minimum absolute atomic E-state index is 0.00880. The van der Waals surface area contributed by atoms with Gasteiger partial charge in [-0.05, 0) is 19.3 Å². The summed E-state index contributed by atoms with van der Waals surface area (Å²) in [6.07, 6.45) is 3.35. The summed E-state index contributed by atoms with van der Waals surface area (Å²) in [5.41, 5.74) is 0. The summed E-state index contributed by atoms with van der Waals surface area (Å²) < 4.78 is 10.6. The molecule has 11 heavy (non-hydrogen) atoms. The van der Waals surface area contributed by atoms with Crippen LogP contribution >= 0.6 is 0 Å². The van der Waals surface area contributed by atoms with Crippen molar-refractivity contribution >= 4 is 0 Å². The Bertz CT molecular complexity index is 136. The molecule has 1 saturated heterocycles. The Hall–Kier alpha value is -0.590. The summed E-state index contributed by atoms with van der Waals surface area (Å²) in [4.78, 5) is 3.44. The third-order valence-corrected chi connectivity index (χ3v) is 1.66. The first-order valence-corrected chi connectivity index (χ1v) is 4.03. The van der Waals surface area contributed by atoms with Gasteiger partial charge in [0.15, 0.2) is 6.29 Å². The molecule has 0 aromatic heterocycles. The first kappa shape index (κ1) is 8.51. The Kier molecular flexibility index (Phi) is 3.95. The molecule has 62 valence electrons. The highest BCUT2D eigenvalue weighted by molar-refractivity contribution is 4.65. The molecular weight excluding hydrogens is 142 g/mol. The first-order chi connectivity index (χ1) is 5.43. The molecule has 0 spiro atoms. The summed E-state index contributed by atoms with van der Waals surface area (Å²) in [6.45, 7) is 6.90. The molecule has 1 atom stereocenters. The van der Waals surface area contributed by atoms with Gasteiger partial charge in [0.2, 0.25) is 0 Å². The second-order valence-corrected chi connectivity index (χ2v) is 2.57. The Morgan fingerprint density at radius 2 is 2.45 bits per heavy atom. The topological polar surface area (TPSA) is 22.8 Å². The molecule has 0 saturated carbocycles. The second kappa shape index (κ2) is 5.11. The van der Waals surface area contributed by atoms with Crippen LogP contribution in [0.5, 0.6) is 0 Å². The molecule has 1 fully saturated rings. The molecule has 0 amide bonds. The molecular formula is C8H14NO2+. The van der Waals surface area contributed by atoms with Crippen LogP contribution in [0.25, 0.3) is 4.85 Å². The lowest BCUT2D eigenvalue weighted by Gasteiger charge is -2.21. The van der Waals surface area contributed by atoms with Gasteiger partial charge >= 0.3 is 0 Å². The van der Waals surface area contributed by atoms with Crippen molar-refractivity contribution in [2.45, 2.75) is 25.6 Å². The molecule has 3 heteroatoms. The van der Waals surface area contributed by atoms with E-state index in [1.54, 1.807) is 0 Å². The quantitative estimate of drug-likeness (QED) is 0.578. The van der Waals surface area contributed by atoms with Gasteiger partial charge in [-0.15, -0.1) is 0 Å². The van der Waals surface area contributed by atoms with Crippen molar-refractivity contribution < 1.29 is 9.47 Å². The summed E-state index contributed by atoms with van der Waals surface area (Å²) in [7, 11) is 0. The fraction of sp³-hybridized carbons (Fsp3) is 0.875. The number of nitrogens with zero attached hydrogens (tertiary/aromatic N) is 1. The molecule has 1 rings (SSSR count). The molecule has 1 unspecified atom stereocenters. The van der Waals surface area contributed by atoms with Crippen molar-refractivity contribution in [2.75, 3.05) is 19.8 Å². The van der Waals surface area contributed by atoms with Crippen LogP contribution in [-0.2, 0) is 9.47 Å². The maximum absolute atomic E-state index is 5.33. The van der Waals surface area contributed by atoms with Crippen LogP contribution in [0.1, 0.15) is 19.3 Å². The smallest absolute Gasteiger partial charge is 0.286 e. The lowest BCUT2D eigenvalue weighted by Crippen LogP contribution is -2.23. The minimum Gasteiger partial charge on any atom is -0.353 e. The Labute approximate surface area is 67.1 Å². The molecule has 0 N–H and O–H groups in total. The SMILES string of the molecule is C#[N+]CCOC1CCCCO1. The van der Waals surface area contributed by atoms with E-state index in [9.17, 15) is 0 Å². The largest absolute Gasteiger partial charge is 0.353 e. The van der Waals surface area contributed by atoms with E-state index in [0.29, 0.717) is 13.2 Å². The maximum Gasteiger partial charge on any atom is 0.286 e. The third kappa shape index (κ3) is 3.35. The maximum atomic E-state index is 5.33. The van der Waals surface area contributed by atoms with Crippen molar-refractivity contribution in [3.8, 4) is 6.57 Å². The average molecular weight is 156 g/mol. The lowest BCUT2D eigenvalue weighted by molar-refractivity contribution is -0.159. The second-order valence-electron chi connectivity index (χ2n) is 2.57. The van der Waals surface area contributed by atoms with E-state index in [2.05, 4.69) is 4.85 Å². The normalized spacial score (nSPS) is 24.5. The predicted octanol–water partition coefficient (Wildman–Crippen LogP) is 1.49. The van der Waals surface area contributed by atoms with E-state index in [1.165, 1.54) is 6.42 Å². The lowest BCUT2D eigenvalue weighted by atomic mass is 10.2. The van der Waals surface area contributed by atoms with E-state index in [1.807, 2.05) is 0 Å². The standard InChI is InChI=1S/C8H14NO2/c1-9-5-7-11-8-4-2-3-6-10-8/h1,8H,2-7H2/q+1. The van der Waals surface area contributed by atoms with Crippen LogP contribution in [0.4, 0.5) is 0 Å². The van der Waals surface area contributed by atoms with Gasteiger partial charge in [-0.1, -0.05) is 4.85 Å². The first-order valence-electron chi connectivity index (χ1n) is 4.03. The summed E-state index contributed by atoms with van der Waals surface area (Å²) in [5.74, 6) is 0. The molecule has 0 bridgehead atoms. The number of rotatable bonds is 3. The van der Waals surface area contributed by atoms with Gasteiger partial charge in [0.1, 0.15) is 6.61 Å². The number of hydrogen-bond acceptors (Lipinski definition) is 2. The highest BCUT2D eigenvalue weighted by Gasteiger charge is 2.13. The van der Waals surface area contributed by atoms with Crippen LogP contribution in [0.3, 0.4) is 0 Å². The number of ether oxygens (including phenoxy) is 2. The van der Waals surface area contributed by atoms with Gasteiger partial charge in [-0.25, -0.2) is 0 Å². The molecule has 0 aromatic carbocycles. The number of hydrogen-bond donors (Lipinski definition) is 0. The molecule has 1 aliphatic heterocycles. The molecule has 0 radical (unpaired) electrons. The van der Waals surface area contributed by atoms with Gasteiger partial charge in [-0.3, -0.25) is 0 Å². The van der Waals surface area contributed by atoms with Crippen LogP contribution in [0.2, 0.25) is 0 Å². The molecule has 1 aliphatic rings. The summed E-state index contributed by atoms with van der Waals surface area (Å²) in [5, 5.41) is 0. The summed E-state index contributed by atoms with van der Waals surface area (Å²) in [6, 6.07) is 0. The Morgan fingerprint density at radius 3 is 3.09 bits per heavy atom. The zero-order valence-electron chi connectivity index (χ0n) is 6.66. The van der Waals surface area contributed by atoms with Crippen molar-refractivity contribution in [3.05, 3.63) is 4.85 Å². The fourth-order valence-electron chi connectivity index (χ4n) is 1.08. The van der Waals surface area contributed by atoms with Crippen molar-refractivity contribution in [1.29, 1.82) is 0 Å². The van der Waals surface area contributed by atoms with Crippen LogP contribution in [0.15, 0.2) is 0 Å². The molecule has 1 heterocycles. The molecule has 0 aromatic rings. The van der Waals surface area contributed by atoms with Gasteiger partial charge < -0.3 is 9.47 Å². The monoisotopic (exact) mass is 156 g/mol. The van der Waals surface area contributed by atoms with Gasteiger partial charge in [0.25, 0.3) is 13.1 Å². The van der Waals surface area contributed by atoms with E-state index >= 15 is 0 Å². The Morgan fingerprint density at radius 1 is 1.55 bits per heavy atom. The zero-order chi connectivity index (χ0) is 7.94. The summed E-state index contributed by atoms with van der Waals surface area (Å²) >= 11 is 0. The minimum atomic E-state index is -0.00880. The van der Waals surface area contributed by atoms with Crippen molar-refractivity contribution in [3.63, 3.8) is 0 Å². The van der Waals surface area contributed by atoms with Crippen LogP contribution < -0.4 is 0 Å². The third-order valence-electron chi connectivity index (χ3n) is 1.66. The van der Waals surface area contributed by atoms with E-state index < -0.39 is 0 Å². The van der Waals surface area contributed by atoms with Gasteiger partial charge in [-0.2, -0.15) is 0 Å². The predicted molar refractivity (Wildman–Crippen MR) is 42.7 cm³/mol. The van der Waals surface area contributed by atoms with Crippen molar-refractivity contribution in [1.82, 2.24) is 0 Å². The van der Waals surface area contributed by atoms with E-state index in [4.69, 9.17) is 16.0 Å². The Balaban J connectivity index is 2.01. The molecule has 3 nitrogen and oxygen atoms in total. The van der Waals surface area contributed by atoms with E-state index in [0.717, 1.165) is 19.4 Å².